The van der Waals surface area contributed by atoms with E-state index in [1.807, 2.05) is 32.9 Å². The fraction of sp³-hybridized carbons (Fsp3) is 0.368. The van der Waals surface area contributed by atoms with Gasteiger partial charge in [-0.05, 0) is 57.0 Å². The third-order valence-electron chi connectivity index (χ3n) is 4.11. The highest BCUT2D eigenvalue weighted by atomic mass is 32.2. The van der Waals surface area contributed by atoms with Crippen LogP contribution in [0.4, 0.5) is 0 Å². The second-order valence-corrected chi connectivity index (χ2v) is 7.83. The summed E-state index contributed by atoms with van der Waals surface area (Å²) in [5, 5.41) is 0. The summed E-state index contributed by atoms with van der Waals surface area (Å²) in [6, 6.07) is 8.59. The number of rotatable bonds is 6. The van der Waals surface area contributed by atoms with Crippen LogP contribution in [0.25, 0.3) is 0 Å². The van der Waals surface area contributed by atoms with Crippen LogP contribution in [-0.2, 0) is 10.0 Å². The standard InChI is InChI=1S/C19H25NO4S/c1-12-9-13(2)19(14(3)10-12)25(21,22)20-15(4)17-11-16(23-5)7-8-18(17)24-6/h7-11,15,20H,1-6H3/t15-/m1/s1. The van der Waals surface area contributed by atoms with E-state index in [0.717, 1.165) is 16.7 Å². The van der Waals surface area contributed by atoms with Gasteiger partial charge in [-0.3, -0.25) is 0 Å². The van der Waals surface area contributed by atoms with Crippen molar-refractivity contribution in [2.45, 2.75) is 38.6 Å². The van der Waals surface area contributed by atoms with Crippen molar-refractivity contribution in [1.29, 1.82) is 0 Å². The van der Waals surface area contributed by atoms with E-state index >= 15 is 0 Å². The molecule has 0 saturated carbocycles. The summed E-state index contributed by atoms with van der Waals surface area (Å²) >= 11 is 0. The molecule has 0 fully saturated rings. The van der Waals surface area contributed by atoms with E-state index in [-0.39, 0.29) is 0 Å². The van der Waals surface area contributed by atoms with Gasteiger partial charge in [0, 0.05) is 11.6 Å². The molecule has 0 saturated heterocycles. The minimum atomic E-state index is -3.68. The molecule has 1 atom stereocenters. The van der Waals surface area contributed by atoms with Gasteiger partial charge in [0.2, 0.25) is 10.0 Å². The summed E-state index contributed by atoms with van der Waals surface area (Å²) in [5.74, 6) is 1.25. The van der Waals surface area contributed by atoms with Crippen LogP contribution in [0.3, 0.4) is 0 Å². The number of methoxy groups -OCH3 is 2. The summed E-state index contributed by atoms with van der Waals surface area (Å²) in [6.45, 7) is 7.36. The van der Waals surface area contributed by atoms with Crippen LogP contribution in [0.15, 0.2) is 35.2 Å². The first kappa shape index (κ1) is 19.3. The lowest BCUT2D eigenvalue weighted by Gasteiger charge is -2.20. The molecule has 0 heterocycles. The first-order chi connectivity index (χ1) is 11.7. The second kappa shape index (κ2) is 7.45. The van der Waals surface area contributed by atoms with Crippen LogP contribution < -0.4 is 14.2 Å². The van der Waals surface area contributed by atoms with E-state index in [2.05, 4.69) is 4.72 Å². The van der Waals surface area contributed by atoms with Gasteiger partial charge < -0.3 is 9.47 Å². The van der Waals surface area contributed by atoms with Gasteiger partial charge in [-0.1, -0.05) is 17.7 Å². The molecule has 0 amide bonds. The van der Waals surface area contributed by atoms with Crippen molar-refractivity contribution in [3.8, 4) is 11.5 Å². The van der Waals surface area contributed by atoms with Crippen LogP contribution >= 0.6 is 0 Å². The Balaban J connectivity index is 2.42. The topological polar surface area (TPSA) is 64.6 Å². The lowest BCUT2D eigenvalue weighted by molar-refractivity contribution is 0.395. The highest BCUT2D eigenvalue weighted by Crippen LogP contribution is 2.31. The smallest absolute Gasteiger partial charge is 0.241 e. The van der Waals surface area contributed by atoms with Crippen molar-refractivity contribution in [2.24, 2.45) is 0 Å². The van der Waals surface area contributed by atoms with E-state index in [4.69, 9.17) is 9.47 Å². The molecule has 5 nitrogen and oxygen atoms in total. The Kier molecular flexibility index (Phi) is 5.75. The molecule has 25 heavy (non-hydrogen) atoms. The fourth-order valence-electron chi connectivity index (χ4n) is 3.12. The van der Waals surface area contributed by atoms with Gasteiger partial charge in [0.1, 0.15) is 11.5 Å². The lowest BCUT2D eigenvalue weighted by Crippen LogP contribution is -2.28. The monoisotopic (exact) mass is 363 g/mol. The van der Waals surface area contributed by atoms with E-state index in [0.29, 0.717) is 22.0 Å². The van der Waals surface area contributed by atoms with Crippen LogP contribution in [-0.4, -0.2) is 22.6 Å². The summed E-state index contributed by atoms with van der Waals surface area (Å²) in [7, 11) is -0.551. The average molecular weight is 363 g/mol. The van der Waals surface area contributed by atoms with Gasteiger partial charge in [-0.15, -0.1) is 0 Å². The Hall–Kier alpha value is -2.05. The van der Waals surface area contributed by atoms with Crippen LogP contribution in [0.5, 0.6) is 11.5 Å². The predicted octanol–water partition coefficient (Wildman–Crippen LogP) is 3.67. The van der Waals surface area contributed by atoms with Crippen molar-refractivity contribution >= 4 is 10.0 Å². The molecular weight excluding hydrogens is 338 g/mol. The zero-order valence-electron chi connectivity index (χ0n) is 15.5. The molecule has 0 aliphatic carbocycles. The molecule has 0 aliphatic rings. The minimum Gasteiger partial charge on any atom is -0.497 e. The summed E-state index contributed by atoms with van der Waals surface area (Å²) < 4.78 is 39.2. The van der Waals surface area contributed by atoms with Gasteiger partial charge in [-0.2, -0.15) is 0 Å². The maximum Gasteiger partial charge on any atom is 0.241 e. The SMILES string of the molecule is COc1ccc(OC)c([C@@H](C)NS(=O)(=O)c2c(C)cc(C)cc2C)c1. The van der Waals surface area contributed by atoms with Crippen LogP contribution in [0, 0.1) is 20.8 Å². The van der Waals surface area contributed by atoms with Crippen molar-refractivity contribution < 1.29 is 17.9 Å². The Bertz CT molecular complexity index is 852. The first-order valence-electron chi connectivity index (χ1n) is 8.01. The number of ether oxygens (including phenoxy) is 2. The largest absolute Gasteiger partial charge is 0.497 e. The van der Waals surface area contributed by atoms with Crippen molar-refractivity contribution in [2.75, 3.05) is 14.2 Å². The molecule has 0 radical (unpaired) electrons. The highest BCUT2D eigenvalue weighted by Gasteiger charge is 2.24. The quantitative estimate of drug-likeness (QED) is 0.850. The number of hydrogen-bond donors (Lipinski definition) is 1. The molecule has 1 N–H and O–H groups in total. The molecule has 136 valence electrons. The molecule has 0 spiro atoms. The molecule has 0 bridgehead atoms. The maximum absolute atomic E-state index is 12.9. The normalized spacial score (nSPS) is 12.7. The average Bonchev–Trinajstić information content (AvgIpc) is 2.52. The molecule has 6 heteroatoms. The highest BCUT2D eigenvalue weighted by molar-refractivity contribution is 7.89. The molecular formula is C19H25NO4S. The second-order valence-electron chi connectivity index (χ2n) is 6.18. The van der Waals surface area contributed by atoms with Crippen LogP contribution in [0.1, 0.15) is 35.2 Å². The number of sulfonamides is 1. The third kappa shape index (κ3) is 4.14. The summed E-state index contributed by atoms with van der Waals surface area (Å²) in [5.41, 5.74) is 3.22. The van der Waals surface area contributed by atoms with E-state index in [1.54, 1.807) is 39.3 Å². The van der Waals surface area contributed by atoms with Gasteiger partial charge in [-0.25, -0.2) is 13.1 Å². The molecule has 0 aromatic heterocycles. The molecule has 2 aromatic carbocycles. The fourth-order valence-corrected chi connectivity index (χ4v) is 4.80. The first-order valence-corrected chi connectivity index (χ1v) is 9.50. The third-order valence-corrected chi connectivity index (χ3v) is 5.95. The Morgan fingerprint density at radius 3 is 2.08 bits per heavy atom. The zero-order chi connectivity index (χ0) is 18.8. The minimum absolute atomic E-state index is 0.326. The van der Waals surface area contributed by atoms with Crippen molar-refractivity contribution in [3.05, 3.63) is 52.6 Å². The molecule has 2 aromatic rings. The Morgan fingerprint density at radius 1 is 0.960 bits per heavy atom. The van der Waals surface area contributed by atoms with Gasteiger partial charge >= 0.3 is 0 Å². The Morgan fingerprint density at radius 2 is 1.56 bits per heavy atom. The molecule has 0 aliphatic heterocycles. The number of hydrogen-bond acceptors (Lipinski definition) is 4. The number of benzene rings is 2. The number of aryl methyl sites for hydroxylation is 3. The van der Waals surface area contributed by atoms with Crippen LogP contribution in [0.2, 0.25) is 0 Å². The predicted molar refractivity (Wildman–Crippen MR) is 98.9 cm³/mol. The van der Waals surface area contributed by atoms with Gasteiger partial charge in [0.15, 0.2) is 0 Å². The van der Waals surface area contributed by atoms with E-state index in [1.165, 1.54) is 0 Å². The van der Waals surface area contributed by atoms with Gasteiger partial charge in [0.25, 0.3) is 0 Å². The Labute approximate surface area is 150 Å². The summed E-state index contributed by atoms with van der Waals surface area (Å²) in [6.07, 6.45) is 0. The lowest BCUT2D eigenvalue weighted by atomic mass is 10.1. The molecule has 0 unspecified atom stereocenters. The van der Waals surface area contributed by atoms with Crippen molar-refractivity contribution in [1.82, 2.24) is 4.72 Å². The summed E-state index contributed by atoms with van der Waals surface area (Å²) in [4.78, 5) is 0.326. The molecule has 2 rings (SSSR count). The maximum atomic E-state index is 12.9. The van der Waals surface area contributed by atoms with E-state index in [9.17, 15) is 8.42 Å². The van der Waals surface area contributed by atoms with E-state index < -0.39 is 16.1 Å². The number of nitrogens with one attached hydrogen (secondary N) is 1. The van der Waals surface area contributed by atoms with Crippen molar-refractivity contribution in [3.63, 3.8) is 0 Å². The van der Waals surface area contributed by atoms with Gasteiger partial charge in [0.05, 0.1) is 19.1 Å². The zero-order valence-corrected chi connectivity index (χ0v) is 16.3.